The van der Waals surface area contributed by atoms with E-state index < -0.39 is 0 Å². The van der Waals surface area contributed by atoms with Crippen molar-refractivity contribution >= 4 is 35.9 Å². The fourth-order valence-electron chi connectivity index (χ4n) is 2.28. The van der Waals surface area contributed by atoms with Crippen LogP contribution < -0.4 is 10.6 Å². The number of aliphatic imine (C=N–C) groups is 1. The van der Waals surface area contributed by atoms with Gasteiger partial charge in [0.15, 0.2) is 5.96 Å². The first kappa shape index (κ1) is 24.7. The van der Waals surface area contributed by atoms with Gasteiger partial charge >= 0.3 is 5.97 Å². The molecule has 1 heterocycles. The minimum atomic E-state index is -0.0980. The summed E-state index contributed by atoms with van der Waals surface area (Å²) in [6, 6.07) is 0. The molecule has 0 atom stereocenters. The summed E-state index contributed by atoms with van der Waals surface area (Å²) in [5.41, 5.74) is 0.908. The van der Waals surface area contributed by atoms with Crippen LogP contribution >= 0.6 is 24.0 Å². The van der Waals surface area contributed by atoms with Crippen molar-refractivity contribution in [3.8, 4) is 0 Å². The van der Waals surface area contributed by atoms with E-state index in [-0.39, 0.29) is 29.9 Å². The van der Waals surface area contributed by atoms with Crippen molar-refractivity contribution in [2.75, 3.05) is 19.7 Å². The van der Waals surface area contributed by atoms with Gasteiger partial charge in [-0.2, -0.15) is 0 Å². The molecular weight excluding hydrogens is 447 g/mol. The molecule has 1 aromatic heterocycles. The Balaban J connectivity index is 0.00000625. The van der Waals surface area contributed by atoms with Crippen LogP contribution in [-0.2, 0) is 16.1 Å². The summed E-state index contributed by atoms with van der Waals surface area (Å²) in [5.74, 6) is 2.14. The van der Waals surface area contributed by atoms with Gasteiger partial charge in [0.25, 0.3) is 0 Å². The molecule has 0 fully saturated rings. The lowest BCUT2D eigenvalue weighted by Crippen LogP contribution is -2.37. The predicted octanol–water partition coefficient (Wildman–Crippen LogP) is 3.48. The highest BCUT2D eigenvalue weighted by Gasteiger charge is 2.05. The van der Waals surface area contributed by atoms with Crippen molar-refractivity contribution in [1.29, 1.82) is 0 Å². The van der Waals surface area contributed by atoms with Gasteiger partial charge in [-0.3, -0.25) is 4.79 Å². The van der Waals surface area contributed by atoms with Gasteiger partial charge in [-0.1, -0.05) is 12.8 Å². The van der Waals surface area contributed by atoms with Gasteiger partial charge in [-0.05, 0) is 40.5 Å². The number of aromatic nitrogens is 1. The van der Waals surface area contributed by atoms with E-state index in [0.29, 0.717) is 25.5 Å². The molecule has 0 aromatic carbocycles. The number of unbranched alkanes of at least 4 members (excludes halogenated alkanes) is 3. The molecule has 0 unspecified atom stereocenters. The Kier molecular flexibility index (Phi) is 14.1. The van der Waals surface area contributed by atoms with Gasteiger partial charge in [0.05, 0.1) is 12.3 Å². The van der Waals surface area contributed by atoms with Crippen LogP contribution in [0.4, 0.5) is 0 Å². The summed E-state index contributed by atoms with van der Waals surface area (Å²) >= 11 is 0. The SMILES string of the molecule is CCNC(=NCc1nc(C)c(C)o1)NCCCCCCC(=O)OCC.I. The lowest BCUT2D eigenvalue weighted by molar-refractivity contribution is -0.143. The minimum absolute atomic E-state index is 0. The molecule has 0 bridgehead atoms. The second kappa shape index (κ2) is 14.8. The Hall–Kier alpha value is -1.32. The standard InChI is InChI=1S/C18H32N4O3.HI/c1-5-19-18(21-13-16-22-14(3)15(4)25-16)20-12-10-8-7-9-11-17(23)24-6-2;/h5-13H2,1-4H3,(H2,19,20,21);1H. The van der Waals surface area contributed by atoms with Crippen LogP contribution in [0, 0.1) is 13.8 Å². The number of hydrogen-bond donors (Lipinski definition) is 2. The number of aryl methyl sites for hydroxylation is 2. The number of nitrogens with one attached hydrogen (secondary N) is 2. The van der Waals surface area contributed by atoms with Crippen LogP contribution in [0.3, 0.4) is 0 Å². The van der Waals surface area contributed by atoms with E-state index in [4.69, 9.17) is 9.15 Å². The van der Waals surface area contributed by atoms with Crippen molar-refractivity contribution in [3.63, 3.8) is 0 Å². The van der Waals surface area contributed by atoms with Crippen molar-refractivity contribution < 1.29 is 13.9 Å². The van der Waals surface area contributed by atoms with E-state index >= 15 is 0 Å². The first-order chi connectivity index (χ1) is 12.1. The van der Waals surface area contributed by atoms with Crippen molar-refractivity contribution in [1.82, 2.24) is 15.6 Å². The molecule has 0 aliphatic heterocycles. The third-order valence-electron chi connectivity index (χ3n) is 3.69. The topological polar surface area (TPSA) is 88.8 Å². The summed E-state index contributed by atoms with van der Waals surface area (Å²) < 4.78 is 10.4. The molecule has 26 heavy (non-hydrogen) atoms. The summed E-state index contributed by atoms with van der Waals surface area (Å²) in [6.45, 7) is 10.2. The number of carbonyl (C=O) groups excluding carboxylic acids is 1. The molecule has 2 N–H and O–H groups in total. The predicted molar refractivity (Wildman–Crippen MR) is 114 cm³/mol. The zero-order valence-electron chi connectivity index (χ0n) is 16.4. The molecule has 150 valence electrons. The maximum absolute atomic E-state index is 11.2. The molecule has 7 nitrogen and oxygen atoms in total. The first-order valence-electron chi connectivity index (χ1n) is 9.17. The molecule has 1 aromatic rings. The minimum Gasteiger partial charge on any atom is -0.466 e. The Labute approximate surface area is 173 Å². The highest BCUT2D eigenvalue weighted by Crippen LogP contribution is 2.09. The van der Waals surface area contributed by atoms with Gasteiger partial charge in [0.1, 0.15) is 12.3 Å². The molecule has 0 amide bonds. The molecular formula is C18H33IN4O3. The molecule has 0 aliphatic rings. The second-order valence-electron chi connectivity index (χ2n) is 5.84. The molecule has 1 rings (SSSR count). The van der Waals surface area contributed by atoms with Crippen LogP contribution in [0.5, 0.6) is 0 Å². The van der Waals surface area contributed by atoms with Crippen LogP contribution in [0.1, 0.15) is 63.3 Å². The van der Waals surface area contributed by atoms with E-state index in [1.165, 1.54) is 0 Å². The molecule has 0 radical (unpaired) electrons. The molecule has 0 saturated heterocycles. The number of carbonyl (C=O) groups is 1. The lowest BCUT2D eigenvalue weighted by atomic mass is 10.1. The van der Waals surface area contributed by atoms with E-state index in [1.54, 1.807) is 0 Å². The van der Waals surface area contributed by atoms with Crippen LogP contribution in [-0.4, -0.2) is 36.6 Å². The molecule has 0 spiro atoms. The fourth-order valence-corrected chi connectivity index (χ4v) is 2.28. The third-order valence-corrected chi connectivity index (χ3v) is 3.69. The Morgan fingerprint density at radius 3 is 2.50 bits per heavy atom. The summed E-state index contributed by atoms with van der Waals surface area (Å²) in [4.78, 5) is 20.1. The van der Waals surface area contributed by atoms with Crippen LogP contribution in [0.25, 0.3) is 0 Å². The number of hydrogen-bond acceptors (Lipinski definition) is 5. The number of esters is 1. The zero-order chi connectivity index (χ0) is 18.5. The lowest BCUT2D eigenvalue weighted by Gasteiger charge is -2.10. The van der Waals surface area contributed by atoms with E-state index in [9.17, 15) is 4.79 Å². The van der Waals surface area contributed by atoms with Crippen LogP contribution in [0.15, 0.2) is 9.41 Å². The van der Waals surface area contributed by atoms with Crippen molar-refractivity contribution in [2.24, 2.45) is 4.99 Å². The Bertz CT molecular complexity index is 527. The number of guanidine groups is 1. The molecule has 0 saturated carbocycles. The summed E-state index contributed by atoms with van der Waals surface area (Å²) in [6.07, 6.45) is 4.54. The molecule has 8 heteroatoms. The van der Waals surface area contributed by atoms with Gasteiger partial charge < -0.3 is 19.8 Å². The van der Waals surface area contributed by atoms with E-state index in [2.05, 4.69) is 20.6 Å². The number of ether oxygens (including phenoxy) is 1. The smallest absolute Gasteiger partial charge is 0.305 e. The largest absolute Gasteiger partial charge is 0.466 e. The van der Waals surface area contributed by atoms with Gasteiger partial charge in [0.2, 0.25) is 5.89 Å². The highest BCUT2D eigenvalue weighted by molar-refractivity contribution is 14.0. The Morgan fingerprint density at radius 2 is 1.88 bits per heavy atom. The number of rotatable bonds is 11. The zero-order valence-corrected chi connectivity index (χ0v) is 18.7. The monoisotopic (exact) mass is 480 g/mol. The average molecular weight is 480 g/mol. The quantitative estimate of drug-likeness (QED) is 0.166. The fraction of sp³-hybridized carbons (Fsp3) is 0.722. The highest BCUT2D eigenvalue weighted by atomic mass is 127. The number of nitrogens with zero attached hydrogens (tertiary/aromatic N) is 2. The third kappa shape index (κ3) is 10.6. The Morgan fingerprint density at radius 1 is 1.15 bits per heavy atom. The average Bonchev–Trinajstić information content (AvgIpc) is 2.90. The van der Waals surface area contributed by atoms with Gasteiger partial charge in [0, 0.05) is 19.5 Å². The van der Waals surface area contributed by atoms with Gasteiger partial charge in [-0.25, -0.2) is 9.98 Å². The van der Waals surface area contributed by atoms with Crippen LogP contribution in [0.2, 0.25) is 0 Å². The van der Waals surface area contributed by atoms with Crippen molar-refractivity contribution in [2.45, 2.75) is 66.3 Å². The van der Waals surface area contributed by atoms with Gasteiger partial charge in [-0.15, -0.1) is 24.0 Å². The van der Waals surface area contributed by atoms with Crippen molar-refractivity contribution in [3.05, 3.63) is 17.3 Å². The molecule has 0 aliphatic carbocycles. The van der Waals surface area contributed by atoms with E-state index in [1.807, 2.05) is 27.7 Å². The van der Waals surface area contributed by atoms with E-state index in [0.717, 1.165) is 56.2 Å². The first-order valence-corrected chi connectivity index (χ1v) is 9.17. The maximum atomic E-state index is 11.2. The summed E-state index contributed by atoms with van der Waals surface area (Å²) in [7, 11) is 0. The summed E-state index contributed by atoms with van der Waals surface area (Å²) in [5, 5.41) is 6.52. The maximum Gasteiger partial charge on any atom is 0.305 e. The number of halogens is 1. The number of oxazole rings is 1. The second-order valence-corrected chi connectivity index (χ2v) is 5.84. The normalized spacial score (nSPS) is 11.0.